The first kappa shape index (κ1) is 12.3. The van der Waals surface area contributed by atoms with Gasteiger partial charge in [0.25, 0.3) is 0 Å². The Kier molecular flexibility index (Phi) is 3.06. The van der Waals surface area contributed by atoms with Crippen LogP contribution in [-0.4, -0.2) is 29.3 Å². The Bertz CT molecular complexity index is 247. The van der Waals surface area contributed by atoms with E-state index in [4.69, 9.17) is 5.73 Å². The summed E-state index contributed by atoms with van der Waals surface area (Å²) in [7, 11) is 0. The largest absolute Gasteiger partial charge is 0.388 e. The first-order valence-electron chi connectivity index (χ1n) is 6.59. The molecule has 1 saturated heterocycles. The van der Waals surface area contributed by atoms with Gasteiger partial charge in [0, 0.05) is 6.54 Å². The summed E-state index contributed by atoms with van der Waals surface area (Å²) in [6.07, 6.45) is 5.93. The molecule has 2 rings (SSSR count). The molecule has 3 heteroatoms. The molecule has 1 aliphatic heterocycles. The van der Waals surface area contributed by atoms with Gasteiger partial charge in [-0.25, -0.2) is 0 Å². The zero-order chi connectivity index (χ0) is 11.9. The minimum Gasteiger partial charge on any atom is -0.388 e. The average molecular weight is 226 g/mol. The lowest BCUT2D eigenvalue weighted by molar-refractivity contribution is -0.0912. The second-order valence-corrected chi connectivity index (χ2v) is 6.63. The zero-order valence-corrected chi connectivity index (χ0v) is 10.7. The van der Waals surface area contributed by atoms with Crippen LogP contribution in [0.3, 0.4) is 0 Å². The second-order valence-electron chi connectivity index (χ2n) is 6.63. The molecule has 0 bridgehead atoms. The molecule has 94 valence electrons. The van der Waals surface area contributed by atoms with Crippen molar-refractivity contribution in [3.8, 4) is 0 Å². The van der Waals surface area contributed by atoms with Crippen LogP contribution in [-0.2, 0) is 0 Å². The van der Waals surface area contributed by atoms with E-state index in [0.29, 0.717) is 5.41 Å². The minimum absolute atomic E-state index is 0.380. The van der Waals surface area contributed by atoms with E-state index in [0.717, 1.165) is 51.6 Å². The number of rotatable bonds is 1. The zero-order valence-electron chi connectivity index (χ0n) is 10.7. The Balaban J connectivity index is 2.07. The van der Waals surface area contributed by atoms with Crippen molar-refractivity contribution in [3.63, 3.8) is 0 Å². The third-order valence-corrected chi connectivity index (χ3v) is 4.77. The van der Waals surface area contributed by atoms with Crippen molar-refractivity contribution in [3.05, 3.63) is 0 Å². The number of nitrogens with one attached hydrogen (secondary N) is 1. The maximum atomic E-state index is 10.8. The predicted molar refractivity (Wildman–Crippen MR) is 66.2 cm³/mol. The fourth-order valence-corrected chi connectivity index (χ4v) is 3.16. The van der Waals surface area contributed by atoms with E-state index in [1.807, 2.05) is 0 Å². The molecule has 3 nitrogen and oxygen atoms in total. The van der Waals surface area contributed by atoms with Gasteiger partial charge in [0.2, 0.25) is 0 Å². The third kappa shape index (κ3) is 2.13. The Morgan fingerprint density at radius 1 is 1.06 bits per heavy atom. The van der Waals surface area contributed by atoms with E-state index in [1.54, 1.807) is 0 Å². The van der Waals surface area contributed by atoms with Crippen LogP contribution in [0.15, 0.2) is 0 Å². The normalized spacial score (nSPS) is 38.2. The molecule has 0 aromatic heterocycles. The quantitative estimate of drug-likeness (QED) is 0.633. The Labute approximate surface area is 98.8 Å². The van der Waals surface area contributed by atoms with Gasteiger partial charge in [-0.2, -0.15) is 0 Å². The molecule has 2 aliphatic rings. The second kappa shape index (κ2) is 3.97. The Morgan fingerprint density at radius 3 is 2.19 bits per heavy atom. The maximum Gasteiger partial charge on any atom is 0.0839 e. The van der Waals surface area contributed by atoms with Crippen molar-refractivity contribution in [1.82, 2.24) is 5.32 Å². The summed E-state index contributed by atoms with van der Waals surface area (Å²) in [6.45, 7) is 6.38. The van der Waals surface area contributed by atoms with Crippen molar-refractivity contribution >= 4 is 0 Å². The van der Waals surface area contributed by atoms with Gasteiger partial charge in [-0.1, -0.05) is 13.8 Å². The summed E-state index contributed by atoms with van der Waals surface area (Å²) in [5.41, 5.74) is 5.78. The third-order valence-electron chi connectivity index (χ3n) is 4.77. The lowest BCUT2D eigenvalue weighted by atomic mass is 9.62. The Hall–Kier alpha value is -0.120. The number of nitrogens with two attached hydrogens (primary N) is 1. The van der Waals surface area contributed by atoms with Crippen LogP contribution in [0.25, 0.3) is 0 Å². The van der Waals surface area contributed by atoms with E-state index < -0.39 is 11.1 Å². The van der Waals surface area contributed by atoms with Gasteiger partial charge in [-0.3, -0.25) is 0 Å². The lowest BCUT2D eigenvalue weighted by Crippen LogP contribution is -2.68. The molecule has 4 N–H and O–H groups in total. The van der Waals surface area contributed by atoms with Gasteiger partial charge < -0.3 is 16.2 Å². The van der Waals surface area contributed by atoms with Gasteiger partial charge in [-0.15, -0.1) is 0 Å². The number of piperidine rings is 1. The summed E-state index contributed by atoms with van der Waals surface area (Å²) < 4.78 is 0. The highest BCUT2D eigenvalue weighted by atomic mass is 16.3. The maximum absolute atomic E-state index is 10.8. The summed E-state index contributed by atoms with van der Waals surface area (Å²) >= 11 is 0. The molecule has 1 atom stereocenters. The van der Waals surface area contributed by atoms with Crippen molar-refractivity contribution in [2.45, 2.75) is 63.5 Å². The summed E-state index contributed by atoms with van der Waals surface area (Å²) in [5, 5.41) is 14.2. The summed E-state index contributed by atoms with van der Waals surface area (Å²) in [4.78, 5) is 0. The summed E-state index contributed by atoms with van der Waals surface area (Å²) in [6, 6.07) is 0. The first-order valence-corrected chi connectivity index (χ1v) is 6.59. The molecule has 0 aromatic rings. The molecule has 0 radical (unpaired) electrons. The van der Waals surface area contributed by atoms with Crippen molar-refractivity contribution in [2.24, 2.45) is 11.1 Å². The molecule has 0 aromatic carbocycles. The van der Waals surface area contributed by atoms with Crippen molar-refractivity contribution in [2.75, 3.05) is 13.1 Å². The molecule has 1 saturated carbocycles. The van der Waals surface area contributed by atoms with Crippen molar-refractivity contribution < 1.29 is 5.11 Å². The molecule has 1 unspecified atom stereocenters. The van der Waals surface area contributed by atoms with Gasteiger partial charge in [0.05, 0.1) is 11.1 Å². The minimum atomic E-state index is -0.643. The van der Waals surface area contributed by atoms with Crippen LogP contribution >= 0.6 is 0 Å². The lowest BCUT2D eigenvalue weighted by Gasteiger charge is -2.51. The van der Waals surface area contributed by atoms with Gasteiger partial charge in [0.15, 0.2) is 0 Å². The highest BCUT2D eigenvalue weighted by molar-refractivity contribution is 5.08. The standard InChI is InChI=1S/C13H26N2O/c1-11(2)5-7-13(16,8-6-11)12(14)4-3-9-15-10-12/h15-16H,3-10,14H2,1-2H3. The smallest absolute Gasteiger partial charge is 0.0839 e. The van der Waals surface area contributed by atoms with Gasteiger partial charge in [0.1, 0.15) is 0 Å². The molecular formula is C13H26N2O. The summed E-state index contributed by atoms with van der Waals surface area (Å²) in [5.74, 6) is 0. The molecular weight excluding hydrogens is 200 g/mol. The first-order chi connectivity index (χ1) is 7.37. The molecule has 16 heavy (non-hydrogen) atoms. The highest BCUT2D eigenvalue weighted by Crippen LogP contribution is 2.45. The van der Waals surface area contributed by atoms with Crippen LogP contribution in [0.5, 0.6) is 0 Å². The van der Waals surface area contributed by atoms with E-state index in [-0.39, 0.29) is 0 Å². The van der Waals surface area contributed by atoms with Crippen LogP contribution in [0.2, 0.25) is 0 Å². The fourth-order valence-electron chi connectivity index (χ4n) is 3.16. The van der Waals surface area contributed by atoms with Gasteiger partial charge >= 0.3 is 0 Å². The van der Waals surface area contributed by atoms with Crippen LogP contribution < -0.4 is 11.1 Å². The van der Waals surface area contributed by atoms with Crippen molar-refractivity contribution in [1.29, 1.82) is 0 Å². The average Bonchev–Trinajstić information content (AvgIpc) is 2.24. The molecule has 1 heterocycles. The predicted octanol–water partition coefficient (Wildman–Crippen LogP) is 1.40. The van der Waals surface area contributed by atoms with E-state index in [1.165, 1.54) is 0 Å². The highest BCUT2D eigenvalue weighted by Gasteiger charge is 2.50. The SMILES string of the molecule is CC1(C)CCC(O)(C2(N)CCCNC2)CC1. The Morgan fingerprint density at radius 2 is 1.69 bits per heavy atom. The topological polar surface area (TPSA) is 58.3 Å². The molecule has 2 fully saturated rings. The number of aliphatic hydroxyl groups is 1. The van der Waals surface area contributed by atoms with Crippen LogP contribution in [0.4, 0.5) is 0 Å². The van der Waals surface area contributed by atoms with Crippen LogP contribution in [0, 0.1) is 5.41 Å². The van der Waals surface area contributed by atoms with E-state index in [2.05, 4.69) is 19.2 Å². The monoisotopic (exact) mass is 226 g/mol. The van der Waals surface area contributed by atoms with E-state index >= 15 is 0 Å². The van der Waals surface area contributed by atoms with Crippen LogP contribution in [0.1, 0.15) is 52.4 Å². The van der Waals surface area contributed by atoms with E-state index in [9.17, 15) is 5.11 Å². The molecule has 0 spiro atoms. The molecule has 1 aliphatic carbocycles. The fraction of sp³-hybridized carbons (Fsp3) is 1.00. The van der Waals surface area contributed by atoms with Gasteiger partial charge in [-0.05, 0) is 50.5 Å². The number of hydrogen-bond acceptors (Lipinski definition) is 3. The number of hydrogen-bond donors (Lipinski definition) is 3. The molecule has 0 amide bonds.